The average Bonchev–Trinajstić information content (AvgIpc) is 3.61. The molecule has 3 fully saturated rings. The van der Waals surface area contributed by atoms with Crippen molar-refractivity contribution < 1.29 is 14.3 Å². The predicted molar refractivity (Wildman–Crippen MR) is 193 cm³/mol. The van der Waals surface area contributed by atoms with E-state index in [-0.39, 0.29) is 23.7 Å². The molecule has 9 nitrogen and oxygen atoms in total. The van der Waals surface area contributed by atoms with Gasteiger partial charge in [0.25, 0.3) is 0 Å². The largest absolute Gasteiger partial charge is 0.481 e. The molecule has 1 aromatic carbocycles. The first-order valence-corrected chi connectivity index (χ1v) is 19.5. The standard InChI is InChI=1S/C40H56FN7O2/c1-3-35(26-14-16-27(17-15-26)40(49)50)42-23-38-44-36-19-18-29(28-8-5-9-31(41)20-28)21-34(36)39(46-38)45-37(30-22-43-47(4-2)24-30)25-48-32-10-6-11-33(48)13-7-12-32/h5,8-9,20,22,24,26-27,29,32-33,35,37,42H,3-4,6-7,10-19,21,23,25H2,1-2H3,(H,49,50)(H,44,45,46)/t26?,27?,29-,32?,33?,35-,37+/m1/s1. The Morgan fingerprint density at radius 1 is 1.02 bits per heavy atom. The van der Waals surface area contributed by atoms with Crippen LogP contribution in [0.5, 0.6) is 0 Å². The maximum atomic E-state index is 14.3. The Kier molecular flexibility index (Phi) is 11.1. The Hall–Kier alpha value is -3.37. The Balaban J connectivity index is 1.17. The number of carboxylic acids is 1. The van der Waals surface area contributed by atoms with Crippen LogP contribution in [-0.2, 0) is 30.7 Å². The van der Waals surface area contributed by atoms with Gasteiger partial charge in [0.1, 0.15) is 17.5 Å². The third-order valence-electron chi connectivity index (χ3n) is 12.5. The summed E-state index contributed by atoms with van der Waals surface area (Å²) in [5.74, 6) is 1.31. The van der Waals surface area contributed by atoms with Gasteiger partial charge in [-0.15, -0.1) is 0 Å². The van der Waals surface area contributed by atoms with E-state index in [1.807, 2.05) is 16.9 Å². The molecule has 4 heterocycles. The number of piperidine rings is 2. The van der Waals surface area contributed by atoms with E-state index in [0.717, 1.165) is 92.9 Å². The van der Waals surface area contributed by atoms with Crippen molar-refractivity contribution in [1.82, 2.24) is 30.0 Å². The molecule has 3 aromatic rings. The molecule has 2 bridgehead atoms. The lowest BCUT2D eigenvalue weighted by molar-refractivity contribution is -0.143. The smallest absolute Gasteiger partial charge is 0.306 e. The van der Waals surface area contributed by atoms with Gasteiger partial charge in [-0.3, -0.25) is 14.4 Å². The van der Waals surface area contributed by atoms with Gasteiger partial charge in [-0.25, -0.2) is 14.4 Å². The molecule has 2 saturated heterocycles. The van der Waals surface area contributed by atoms with E-state index in [1.54, 1.807) is 6.07 Å². The minimum atomic E-state index is -0.657. The third kappa shape index (κ3) is 7.91. The van der Waals surface area contributed by atoms with Gasteiger partial charge in [-0.2, -0.15) is 5.10 Å². The lowest BCUT2D eigenvalue weighted by atomic mass is 9.78. The molecule has 0 amide bonds. The second-order valence-corrected chi connectivity index (χ2v) is 15.4. The number of fused-ring (bicyclic) bond motifs is 3. The van der Waals surface area contributed by atoms with Crippen LogP contribution in [0.15, 0.2) is 36.7 Å². The van der Waals surface area contributed by atoms with Gasteiger partial charge in [0.05, 0.1) is 24.7 Å². The van der Waals surface area contributed by atoms with Crippen molar-refractivity contribution in [3.63, 3.8) is 0 Å². The molecule has 10 heteroatoms. The predicted octanol–water partition coefficient (Wildman–Crippen LogP) is 7.42. The number of halogens is 1. The maximum absolute atomic E-state index is 14.3. The molecule has 270 valence electrons. The van der Waals surface area contributed by atoms with Crippen molar-refractivity contribution in [1.29, 1.82) is 0 Å². The Labute approximate surface area is 296 Å². The zero-order valence-corrected chi connectivity index (χ0v) is 30.0. The Bertz CT molecular complexity index is 1580. The van der Waals surface area contributed by atoms with Crippen LogP contribution < -0.4 is 10.6 Å². The lowest BCUT2D eigenvalue weighted by Crippen LogP contribution is -2.51. The molecule has 7 rings (SSSR count). The van der Waals surface area contributed by atoms with E-state index in [4.69, 9.17) is 15.1 Å². The fourth-order valence-electron chi connectivity index (χ4n) is 9.61. The highest BCUT2D eigenvalue weighted by Crippen LogP contribution is 2.39. The molecular weight excluding hydrogens is 629 g/mol. The zero-order valence-electron chi connectivity index (χ0n) is 30.0. The van der Waals surface area contributed by atoms with Gasteiger partial charge in [0.2, 0.25) is 0 Å². The second kappa shape index (κ2) is 15.9. The normalized spacial score (nSPS) is 26.6. The molecular formula is C40H56FN7O2. The molecule has 50 heavy (non-hydrogen) atoms. The Morgan fingerprint density at radius 2 is 1.78 bits per heavy atom. The third-order valence-corrected chi connectivity index (χ3v) is 12.5. The molecule has 0 unspecified atom stereocenters. The summed E-state index contributed by atoms with van der Waals surface area (Å²) in [4.78, 5) is 24.8. The van der Waals surface area contributed by atoms with Crippen molar-refractivity contribution in [2.45, 2.75) is 147 Å². The minimum absolute atomic E-state index is 0.0265. The quantitative estimate of drug-likeness (QED) is 0.171. The summed E-state index contributed by atoms with van der Waals surface area (Å²) in [6.07, 6.45) is 18.9. The van der Waals surface area contributed by atoms with Crippen LogP contribution in [0.1, 0.15) is 131 Å². The first-order chi connectivity index (χ1) is 24.4. The second-order valence-electron chi connectivity index (χ2n) is 15.4. The highest BCUT2D eigenvalue weighted by Gasteiger charge is 2.36. The number of rotatable bonds is 13. The number of benzene rings is 1. The number of nitrogens with one attached hydrogen (secondary N) is 2. The summed E-state index contributed by atoms with van der Waals surface area (Å²) in [5, 5.41) is 22.0. The molecule has 4 aliphatic rings. The number of carbonyl (C=O) groups is 1. The molecule has 1 saturated carbocycles. The topological polar surface area (TPSA) is 108 Å². The number of carboxylic acid groups (broad SMARTS) is 1. The van der Waals surface area contributed by atoms with Gasteiger partial charge >= 0.3 is 5.97 Å². The van der Waals surface area contributed by atoms with Crippen molar-refractivity contribution in [2.24, 2.45) is 11.8 Å². The van der Waals surface area contributed by atoms with E-state index in [1.165, 1.54) is 50.2 Å². The van der Waals surface area contributed by atoms with E-state index in [9.17, 15) is 14.3 Å². The van der Waals surface area contributed by atoms with Gasteiger partial charge in [0.15, 0.2) is 0 Å². The summed E-state index contributed by atoms with van der Waals surface area (Å²) >= 11 is 0. The van der Waals surface area contributed by atoms with E-state index < -0.39 is 5.97 Å². The molecule has 2 aromatic heterocycles. The molecule has 2 aliphatic carbocycles. The summed E-state index contributed by atoms with van der Waals surface area (Å²) in [5.41, 5.74) is 4.47. The van der Waals surface area contributed by atoms with Gasteiger partial charge in [0, 0.05) is 54.2 Å². The summed E-state index contributed by atoms with van der Waals surface area (Å²) in [6, 6.07) is 8.68. The number of aryl methyl sites for hydroxylation is 2. The highest BCUT2D eigenvalue weighted by atomic mass is 19.1. The number of anilines is 1. The van der Waals surface area contributed by atoms with Crippen molar-refractivity contribution in [3.8, 4) is 0 Å². The maximum Gasteiger partial charge on any atom is 0.306 e. The van der Waals surface area contributed by atoms with Crippen LogP contribution in [0.3, 0.4) is 0 Å². The number of nitrogens with zero attached hydrogens (tertiary/aromatic N) is 5. The summed E-state index contributed by atoms with van der Waals surface area (Å²) < 4.78 is 16.4. The molecule has 3 atom stereocenters. The SMILES string of the molecule is CC[C@@H](NCc1nc2c(c(N[C@@H](CN3C4CCCC3CCC4)c3cnn(CC)c3)n1)C[C@H](c1cccc(F)c1)CC2)C1CCC(C(=O)O)CC1. The van der Waals surface area contributed by atoms with Crippen molar-refractivity contribution >= 4 is 11.8 Å². The number of aromatic nitrogens is 4. The summed E-state index contributed by atoms with van der Waals surface area (Å²) in [6.45, 7) is 6.66. The fraction of sp³-hybridized carbons (Fsp3) is 0.650. The number of hydrogen-bond acceptors (Lipinski definition) is 7. The van der Waals surface area contributed by atoms with Crippen LogP contribution in [0.4, 0.5) is 10.2 Å². The van der Waals surface area contributed by atoms with Gasteiger partial charge in [-0.1, -0.05) is 31.9 Å². The highest BCUT2D eigenvalue weighted by molar-refractivity contribution is 5.70. The van der Waals surface area contributed by atoms with E-state index in [2.05, 4.69) is 41.6 Å². The molecule has 0 spiro atoms. The average molecular weight is 686 g/mol. The monoisotopic (exact) mass is 685 g/mol. The van der Waals surface area contributed by atoms with Crippen LogP contribution in [0, 0.1) is 17.7 Å². The van der Waals surface area contributed by atoms with Crippen molar-refractivity contribution in [2.75, 3.05) is 11.9 Å². The zero-order chi connectivity index (χ0) is 34.6. The van der Waals surface area contributed by atoms with Gasteiger partial charge < -0.3 is 15.7 Å². The Morgan fingerprint density at radius 3 is 2.44 bits per heavy atom. The van der Waals surface area contributed by atoms with Gasteiger partial charge in [-0.05, 0) is 114 Å². The van der Waals surface area contributed by atoms with Crippen LogP contribution in [0.25, 0.3) is 0 Å². The lowest BCUT2D eigenvalue weighted by Gasteiger charge is -2.47. The van der Waals surface area contributed by atoms with Crippen LogP contribution in [0.2, 0.25) is 0 Å². The molecule has 2 aliphatic heterocycles. The fourth-order valence-corrected chi connectivity index (χ4v) is 9.61. The minimum Gasteiger partial charge on any atom is -0.481 e. The first kappa shape index (κ1) is 35.1. The number of aliphatic carboxylic acids is 1. The van der Waals surface area contributed by atoms with E-state index in [0.29, 0.717) is 30.6 Å². The van der Waals surface area contributed by atoms with Crippen molar-refractivity contribution in [3.05, 3.63) is 70.7 Å². The number of hydrogen-bond donors (Lipinski definition) is 3. The van der Waals surface area contributed by atoms with Crippen LogP contribution >= 0.6 is 0 Å². The molecule has 0 radical (unpaired) electrons. The van der Waals surface area contributed by atoms with Crippen LogP contribution in [-0.4, -0.2) is 60.4 Å². The summed E-state index contributed by atoms with van der Waals surface area (Å²) in [7, 11) is 0. The molecule has 3 N–H and O–H groups in total. The first-order valence-electron chi connectivity index (χ1n) is 19.5. The van der Waals surface area contributed by atoms with E-state index >= 15 is 0 Å².